The van der Waals surface area contributed by atoms with Crippen molar-refractivity contribution in [3.63, 3.8) is 0 Å². The lowest BCUT2D eigenvalue weighted by Crippen LogP contribution is -2.42. The van der Waals surface area contributed by atoms with Crippen molar-refractivity contribution in [2.45, 2.75) is 19.9 Å². The molecule has 1 aromatic carbocycles. The lowest BCUT2D eigenvalue weighted by Gasteiger charge is -2.16. The van der Waals surface area contributed by atoms with Crippen LogP contribution in [0.2, 0.25) is 0 Å². The maximum absolute atomic E-state index is 11.5. The van der Waals surface area contributed by atoms with E-state index in [2.05, 4.69) is 10.1 Å². The molecular formula is C13H18N2O5. The van der Waals surface area contributed by atoms with Gasteiger partial charge in [-0.3, -0.25) is 14.9 Å². The first-order chi connectivity index (χ1) is 9.49. The number of carbonyl (C=O) groups excluding carboxylic acids is 1. The number of nitrogens with one attached hydrogen (secondary N) is 1. The first kappa shape index (κ1) is 15.9. The number of nitro benzene ring substituents is 1. The molecule has 1 aromatic rings. The zero-order valence-corrected chi connectivity index (χ0v) is 11.7. The van der Waals surface area contributed by atoms with E-state index in [-0.39, 0.29) is 18.0 Å². The van der Waals surface area contributed by atoms with E-state index in [9.17, 15) is 14.9 Å². The first-order valence-corrected chi connectivity index (χ1v) is 6.18. The molecule has 7 nitrogen and oxygen atoms in total. The van der Waals surface area contributed by atoms with E-state index in [0.717, 1.165) is 5.56 Å². The van der Waals surface area contributed by atoms with E-state index in [1.54, 1.807) is 19.1 Å². The van der Waals surface area contributed by atoms with Crippen molar-refractivity contribution >= 4 is 11.7 Å². The molecule has 0 amide bonds. The Morgan fingerprint density at radius 2 is 2.20 bits per heavy atom. The summed E-state index contributed by atoms with van der Waals surface area (Å²) in [6.07, 6.45) is 0. The van der Waals surface area contributed by atoms with Crippen molar-refractivity contribution in [2.24, 2.45) is 0 Å². The predicted molar refractivity (Wildman–Crippen MR) is 72.8 cm³/mol. The lowest BCUT2D eigenvalue weighted by molar-refractivity contribution is -0.385. The van der Waals surface area contributed by atoms with E-state index in [4.69, 9.17) is 4.74 Å². The van der Waals surface area contributed by atoms with Crippen LogP contribution in [-0.4, -0.2) is 37.2 Å². The number of nitrogens with zero attached hydrogens (tertiary/aromatic N) is 1. The summed E-state index contributed by atoms with van der Waals surface area (Å²) in [6.45, 7) is 4.16. The molecule has 0 aliphatic carbocycles. The summed E-state index contributed by atoms with van der Waals surface area (Å²) in [5.74, 6) is -0.330. The van der Waals surface area contributed by atoms with Crippen molar-refractivity contribution in [3.05, 3.63) is 33.9 Å². The van der Waals surface area contributed by atoms with Crippen LogP contribution in [0, 0.1) is 17.0 Å². The number of hydrogen-bond donors (Lipinski definition) is 1. The molecule has 7 heteroatoms. The van der Waals surface area contributed by atoms with Crippen molar-refractivity contribution in [1.82, 2.24) is 5.32 Å². The molecule has 0 fully saturated rings. The minimum atomic E-state index is -0.662. The minimum absolute atomic E-state index is 0.0369. The van der Waals surface area contributed by atoms with Crippen LogP contribution >= 0.6 is 0 Å². The molecule has 20 heavy (non-hydrogen) atoms. The van der Waals surface area contributed by atoms with Crippen LogP contribution in [0.25, 0.3) is 0 Å². The number of methoxy groups -OCH3 is 1. The summed E-state index contributed by atoms with van der Waals surface area (Å²) < 4.78 is 10.1. The maximum atomic E-state index is 11.5. The molecular weight excluding hydrogens is 264 g/mol. The Morgan fingerprint density at radius 3 is 2.75 bits per heavy atom. The van der Waals surface area contributed by atoms with Crippen LogP contribution in [0.1, 0.15) is 12.5 Å². The van der Waals surface area contributed by atoms with Gasteiger partial charge in [-0.05, 0) is 25.1 Å². The van der Waals surface area contributed by atoms with E-state index >= 15 is 0 Å². The van der Waals surface area contributed by atoms with Crippen LogP contribution in [0.15, 0.2) is 18.2 Å². The molecule has 0 heterocycles. The zero-order chi connectivity index (χ0) is 15.1. The van der Waals surface area contributed by atoms with Gasteiger partial charge >= 0.3 is 11.7 Å². The Labute approximate surface area is 117 Å². The summed E-state index contributed by atoms with van der Waals surface area (Å²) in [7, 11) is 1.28. The molecule has 0 aliphatic rings. The Balaban J connectivity index is 2.84. The topological polar surface area (TPSA) is 90.7 Å². The first-order valence-electron chi connectivity index (χ1n) is 6.18. The summed E-state index contributed by atoms with van der Waals surface area (Å²) in [5, 5.41) is 13.8. The van der Waals surface area contributed by atoms with Gasteiger partial charge in [-0.2, -0.15) is 0 Å². The summed E-state index contributed by atoms with van der Waals surface area (Å²) in [6, 6.07) is 3.92. The van der Waals surface area contributed by atoms with E-state index in [0.29, 0.717) is 6.54 Å². The second kappa shape index (κ2) is 7.44. The normalized spacial score (nSPS) is 11.8. The average Bonchev–Trinajstić information content (AvgIpc) is 2.42. The van der Waals surface area contributed by atoms with Gasteiger partial charge in [0.05, 0.1) is 12.0 Å². The molecule has 0 radical (unpaired) electrons. The van der Waals surface area contributed by atoms with Gasteiger partial charge in [0.2, 0.25) is 0 Å². The van der Waals surface area contributed by atoms with Gasteiger partial charge in [0.15, 0.2) is 5.75 Å². The van der Waals surface area contributed by atoms with Gasteiger partial charge in [0.25, 0.3) is 0 Å². The van der Waals surface area contributed by atoms with Gasteiger partial charge in [-0.1, -0.05) is 13.0 Å². The Kier molecular flexibility index (Phi) is 5.92. The van der Waals surface area contributed by atoms with Crippen LogP contribution in [0.5, 0.6) is 5.75 Å². The summed E-state index contributed by atoms with van der Waals surface area (Å²) in [5.41, 5.74) is 0.708. The number of hydrogen-bond acceptors (Lipinski definition) is 6. The van der Waals surface area contributed by atoms with Gasteiger partial charge in [0.1, 0.15) is 12.6 Å². The molecule has 1 atom stereocenters. The number of carbonyl (C=O) groups is 1. The SMILES string of the molecule is CCNC(COc1cc(C)ccc1[N+](=O)[O-])C(=O)OC. The van der Waals surface area contributed by atoms with E-state index < -0.39 is 16.9 Å². The highest BCUT2D eigenvalue weighted by Gasteiger charge is 2.21. The fourth-order valence-electron chi connectivity index (χ4n) is 1.66. The third kappa shape index (κ3) is 4.20. The van der Waals surface area contributed by atoms with E-state index in [1.807, 2.05) is 6.92 Å². The second-order valence-electron chi connectivity index (χ2n) is 4.17. The summed E-state index contributed by atoms with van der Waals surface area (Å²) in [4.78, 5) is 21.9. The van der Waals surface area contributed by atoms with Crippen LogP contribution < -0.4 is 10.1 Å². The van der Waals surface area contributed by atoms with Crippen LogP contribution in [0.4, 0.5) is 5.69 Å². The van der Waals surface area contributed by atoms with Gasteiger partial charge < -0.3 is 14.8 Å². The highest BCUT2D eigenvalue weighted by Crippen LogP contribution is 2.27. The van der Waals surface area contributed by atoms with Crippen molar-refractivity contribution in [2.75, 3.05) is 20.3 Å². The van der Waals surface area contributed by atoms with Gasteiger partial charge in [0, 0.05) is 6.07 Å². The number of rotatable bonds is 7. The Morgan fingerprint density at radius 1 is 1.50 bits per heavy atom. The fraction of sp³-hybridized carbons (Fsp3) is 0.462. The third-order valence-electron chi connectivity index (χ3n) is 2.65. The number of esters is 1. The third-order valence-corrected chi connectivity index (χ3v) is 2.65. The number of ether oxygens (including phenoxy) is 2. The smallest absolute Gasteiger partial charge is 0.326 e. The summed E-state index contributed by atoms with van der Waals surface area (Å²) >= 11 is 0. The van der Waals surface area contributed by atoms with Gasteiger partial charge in [-0.15, -0.1) is 0 Å². The molecule has 110 valence electrons. The highest BCUT2D eigenvalue weighted by atomic mass is 16.6. The Bertz CT molecular complexity index is 490. The van der Waals surface area contributed by atoms with Gasteiger partial charge in [-0.25, -0.2) is 0 Å². The predicted octanol–water partition coefficient (Wildman–Crippen LogP) is 1.43. The van der Waals surface area contributed by atoms with Crippen molar-refractivity contribution in [1.29, 1.82) is 0 Å². The molecule has 1 N–H and O–H groups in total. The molecule has 0 saturated heterocycles. The maximum Gasteiger partial charge on any atom is 0.326 e. The molecule has 0 bridgehead atoms. The number of nitro groups is 1. The molecule has 1 unspecified atom stereocenters. The zero-order valence-electron chi connectivity index (χ0n) is 11.7. The molecule has 1 rings (SSSR count). The number of aryl methyl sites for hydroxylation is 1. The highest BCUT2D eigenvalue weighted by molar-refractivity contribution is 5.75. The van der Waals surface area contributed by atoms with E-state index in [1.165, 1.54) is 13.2 Å². The number of benzene rings is 1. The molecule has 0 aliphatic heterocycles. The quantitative estimate of drug-likeness (QED) is 0.462. The van der Waals surface area contributed by atoms with Crippen LogP contribution in [-0.2, 0) is 9.53 Å². The fourth-order valence-corrected chi connectivity index (χ4v) is 1.66. The van der Waals surface area contributed by atoms with Crippen LogP contribution in [0.3, 0.4) is 0 Å². The van der Waals surface area contributed by atoms with Crippen molar-refractivity contribution < 1.29 is 19.2 Å². The van der Waals surface area contributed by atoms with Crippen molar-refractivity contribution in [3.8, 4) is 5.75 Å². The molecule has 0 spiro atoms. The average molecular weight is 282 g/mol. The molecule has 0 aromatic heterocycles. The largest absolute Gasteiger partial charge is 0.485 e. The lowest BCUT2D eigenvalue weighted by atomic mass is 10.2. The molecule has 0 saturated carbocycles. The standard InChI is InChI=1S/C13H18N2O5/c1-4-14-10(13(16)19-3)8-20-12-7-9(2)5-6-11(12)15(17)18/h5-7,10,14H,4,8H2,1-3H3. The number of likely N-dealkylation sites (N-methyl/N-ethyl adjacent to an activating group) is 1. The second-order valence-corrected chi connectivity index (χ2v) is 4.17. The minimum Gasteiger partial charge on any atom is -0.485 e. The Hall–Kier alpha value is -2.15. The monoisotopic (exact) mass is 282 g/mol.